The number of aromatic nitrogens is 4. The van der Waals surface area contributed by atoms with E-state index >= 15 is 0 Å². The SMILES string of the molecule is COc1cc2c(nc1OC)c(-c1cc3c(CNCC4CCN(C(=O)O)CC4)ccnc3n1S(=O)(=O)c1ccc(C)cc1)cn2C. The van der Waals surface area contributed by atoms with Gasteiger partial charge in [-0.2, -0.15) is 0 Å². The molecule has 2 N–H and O–H groups in total. The number of benzene rings is 1. The van der Waals surface area contributed by atoms with Crippen molar-refractivity contribution in [2.45, 2.75) is 31.2 Å². The molecule has 1 aliphatic rings. The van der Waals surface area contributed by atoms with Crippen LogP contribution in [0.5, 0.6) is 11.6 Å². The highest BCUT2D eigenvalue weighted by Gasteiger charge is 2.29. The van der Waals surface area contributed by atoms with Crippen LogP contribution in [-0.2, 0) is 23.6 Å². The van der Waals surface area contributed by atoms with E-state index in [1.54, 1.807) is 37.6 Å². The fraction of sp³-hybridized carbons (Fsp3) is 0.344. The van der Waals surface area contributed by atoms with Crippen LogP contribution in [0.1, 0.15) is 24.0 Å². The lowest BCUT2D eigenvalue weighted by Crippen LogP contribution is -2.39. The number of aryl methyl sites for hydroxylation is 2. The molecule has 1 amide bonds. The van der Waals surface area contributed by atoms with Gasteiger partial charge in [-0.05, 0) is 62.1 Å². The number of carboxylic acid groups (broad SMARTS) is 1. The third kappa shape index (κ3) is 5.57. The number of carbonyl (C=O) groups is 1. The van der Waals surface area contributed by atoms with Crippen molar-refractivity contribution in [2.24, 2.45) is 13.0 Å². The van der Waals surface area contributed by atoms with E-state index in [2.05, 4.69) is 10.3 Å². The van der Waals surface area contributed by atoms with Crippen molar-refractivity contribution in [1.29, 1.82) is 0 Å². The summed E-state index contributed by atoms with van der Waals surface area (Å²) in [6.45, 7) is 4.18. The number of methoxy groups -OCH3 is 2. The van der Waals surface area contributed by atoms with Gasteiger partial charge in [-0.3, -0.25) is 0 Å². The second-order valence-corrected chi connectivity index (χ2v) is 13.2. The first kappa shape index (κ1) is 30.4. The van der Waals surface area contributed by atoms with E-state index in [9.17, 15) is 18.3 Å². The predicted octanol–water partition coefficient (Wildman–Crippen LogP) is 4.63. The van der Waals surface area contributed by atoms with Crippen LogP contribution in [0.4, 0.5) is 4.79 Å². The zero-order chi connectivity index (χ0) is 31.9. The summed E-state index contributed by atoms with van der Waals surface area (Å²) in [4.78, 5) is 22.2. The fourth-order valence-electron chi connectivity index (χ4n) is 6.01. The van der Waals surface area contributed by atoms with Crippen molar-refractivity contribution in [1.82, 2.24) is 28.7 Å². The molecule has 6 rings (SSSR count). The van der Waals surface area contributed by atoms with Crippen molar-refractivity contribution in [2.75, 3.05) is 33.9 Å². The molecule has 1 fully saturated rings. The van der Waals surface area contributed by atoms with Gasteiger partial charge in [0.25, 0.3) is 15.9 Å². The lowest BCUT2D eigenvalue weighted by atomic mass is 9.97. The number of piperidine rings is 1. The lowest BCUT2D eigenvalue weighted by molar-refractivity contribution is 0.124. The Morgan fingerprint density at radius 2 is 1.82 bits per heavy atom. The highest BCUT2D eigenvalue weighted by molar-refractivity contribution is 7.90. The Hall–Kier alpha value is -4.62. The number of amides is 1. The number of fused-ring (bicyclic) bond motifs is 2. The smallest absolute Gasteiger partial charge is 0.407 e. The Morgan fingerprint density at radius 1 is 1.09 bits per heavy atom. The van der Waals surface area contributed by atoms with Gasteiger partial charge in [0.15, 0.2) is 11.4 Å². The van der Waals surface area contributed by atoms with Crippen molar-refractivity contribution >= 4 is 38.2 Å². The minimum Gasteiger partial charge on any atom is -0.491 e. The van der Waals surface area contributed by atoms with E-state index in [1.807, 2.05) is 42.9 Å². The molecule has 4 aromatic heterocycles. The van der Waals surface area contributed by atoms with Crippen molar-refractivity contribution in [3.05, 3.63) is 66.0 Å². The first-order chi connectivity index (χ1) is 21.6. The summed E-state index contributed by atoms with van der Waals surface area (Å²) in [5.74, 6) is 1.11. The fourth-order valence-corrected chi connectivity index (χ4v) is 7.48. The molecule has 45 heavy (non-hydrogen) atoms. The van der Waals surface area contributed by atoms with E-state index in [4.69, 9.17) is 14.5 Å². The molecule has 5 heterocycles. The Kier molecular flexibility index (Phi) is 8.14. The molecule has 0 atom stereocenters. The van der Waals surface area contributed by atoms with E-state index in [1.165, 1.54) is 16.0 Å². The summed E-state index contributed by atoms with van der Waals surface area (Å²) in [5, 5.41) is 13.5. The molecule has 1 aromatic carbocycles. The molecule has 5 aromatic rings. The number of pyridine rings is 2. The van der Waals surface area contributed by atoms with Crippen LogP contribution in [0.25, 0.3) is 33.3 Å². The molecular weight excluding hydrogens is 596 g/mol. The monoisotopic (exact) mass is 632 g/mol. The molecular formula is C32H36N6O6S. The Bertz CT molecular complexity index is 1990. The second kappa shape index (κ2) is 12.1. The van der Waals surface area contributed by atoms with Crippen LogP contribution in [0.15, 0.2) is 59.8 Å². The maximum Gasteiger partial charge on any atom is 0.407 e. The summed E-state index contributed by atoms with van der Waals surface area (Å²) >= 11 is 0. The molecule has 0 saturated carbocycles. The van der Waals surface area contributed by atoms with Crippen LogP contribution in [0.3, 0.4) is 0 Å². The third-order valence-electron chi connectivity index (χ3n) is 8.53. The summed E-state index contributed by atoms with van der Waals surface area (Å²) < 4.78 is 42.9. The van der Waals surface area contributed by atoms with Crippen molar-refractivity contribution < 1.29 is 27.8 Å². The zero-order valence-corrected chi connectivity index (χ0v) is 26.5. The summed E-state index contributed by atoms with van der Waals surface area (Å²) in [6.07, 6.45) is 4.20. The van der Waals surface area contributed by atoms with E-state index in [-0.39, 0.29) is 4.90 Å². The van der Waals surface area contributed by atoms with Gasteiger partial charge in [-0.25, -0.2) is 27.2 Å². The first-order valence-corrected chi connectivity index (χ1v) is 16.1. The van der Waals surface area contributed by atoms with Crippen LogP contribution in [0.2, 0.25) is 0 Å². The molecule has 236 valence electrons. The highest BCUT2D eigenvalue weighted by atomic mass is 32.2. The number of hydrogen-bond donors (Lipinski definition) is 2. The average molecular weight is 633 g/mol. The minimum absolute atomic E-state index is 0.150. The molecule has 13 heteroatoms. The molecule has 12 nitrogen and oxygen atoms in total. The van der Waals surface area contributed by atoms with Gasteiger partial charge in [0, 0.05) is 56.1 Å². The Labute approximate surface area is 261 Å². The number of ether oxygens (including phenoxy) is 2. The number of nitrogens with zero attached hydrogens (tertiary/aromatic N) is 5. The van der Waals surface area contributed by atoms with Crippen LogP contribution in [-0.4, -0.2) is 76.9 Å². The number of hydrogen-bond acceptors (Lipinski definition) is 8. The topological polar surface area (TPSA) is 141 Å². The lowest BCUT2D eigenvalue weighted by Gasteiger charge is -2.30. The number of nitrogens with one attached hydrogen (secondary N) is 1. The highest BCUT2D eigenvalue weighted by Crippen LogP contribution is 2.39. The van der Waals surface area contributed by atoms with Gasteiger partial charge in [0.1, 0.15) is 5.52 Å². The molecule has 1 aliphatic heterocycles. The first-order valence-electron chi connectivity index (χ1n) is 14.7. The molecule has 0 aliphatic carbocycles. The molecule has 1 saturated heterocycles. The molecule has 0 radical (unpaired) electrons. The van der Waals surface area contributed by atoms with E-state index in [0.29, 0.717) is 65.0 Å². The zero-order valence-electron chi connectivity index (χ0n) is 25.6. The van der Waals surface area contributed by atoms with Gasteiger partial charge in [-0.15, -0.1) is 0 Å². The Morgan fingerprint density at radius 3 is 2.49 bits per heavy atom. The van der Waals surface area contributed by atoms with E-state index in [0.717, 1.165) is 36.0 Å². The maximum absolute atomic E-state index is 14.4. The van der Waals surface area contributed by atoms with Crippen LogP contribution < -0.4 is 14.8 Å². The normalized spacial score (nSPS) is 14.4. The van der Waals surface area contributed by atoms with Crippen LogP contribution in [0, 0.1) is 12.8 Å². The minimum atomic E-state index is -4.08. The van der Waals surface area contributed by atoms with Gasteiger partial charge >= 0.3 is 6.09 Å². The van der Waals surface area contributed by atoms with Gasteiger partial charge in [-0.1, -0.05) is 17.7 Å². The van der Waals surface area contributed by atoms with Gasteiger partial charge < -0.3 is 29.4 Å². The van der Waals surface area contributed by atoms with Gasteiger partial charge in [0.05, 0.1) is 30.3 Å². The molecule has 0 bridgehead atoms. The third-order valence-corrected chi connectivity index (χ3v) is 10.2. The number of rotatable bonds is 9. The largest absolute Gasteiger partial charge is 0.491 e. The molecule has 0 spiro atoms. The predicted molar refractivity (Wildman–Crippen MR) is 170 cm³/mol. The second-order valence-electron chi connectivity index (χ2n) is 11.4. The molecule has 0 unspecified atom stereocenters. The standard InChI is InChI=1S/C32H36N6O6S/c1-20-5-7-23(8-6-20)45(41,42)38-26(25-19-36(2)27-16-28(43-3)31(44-4)35-29(25)27)15-24-22(9-12-34-30(24)38)18-33-17-21-10-13-37(14-11-21)32(39)40/h5-9,12,15-16,19,21,33H,10-11,13-14,17-18H2,1-4H3,(H,39,40). The average Bonchev–Trinajstić information content (AvgIpc) is 3.59. The maximum atomic E-state index is 14.4. The van der Waals surface area contributed by atoms with E-state index < -0.39 is 16.1 Å². The summed E-state index contributed by atoms with van der Waals surface area (Å²) in [5.41, 5.74) is 4.50. The summed E-state index contributed by atoms with van der Waals surface area (Å²) in [6, 6.07) is 12.3. The van der Waals surface area contributed by atoms with Gasteiger partial charge in [0.2, 0.25) is 0 Å². The quantitative estimate of drug-likeness (QED) is 0.238. The Balaban J connectivity index is 1.45. The van der Waals surface area contributed by atoms with Crippen LogP contribution >= 0.6 is 0 Å². The van der Waals surface area contributed by atoms with Crippen molar-refractivity contribution in [3.63, 3.8) is 0 Å². The summed E-state index contributed by atoms with van der Waals surface area (Å²) in [7, 11) is 0.840. The van der Waals surface area contributed by atoms with Crippen molar-refractivity contribution in [3.8, 4) is 22.9 Å². The number of likely N-dealkylation sites (tertiary alicyclic amines) is 1.